The first kappa shape index (κ1) is 15.2. The molecule has 0 saturated heterocycles. The molecule has 2 heterocycles. The molecule has 2 aromatic rings. The Labute approximate surface area is 122 Å². The fraction of sp³-hybridized carbons (Fsp3) is 0.417. The summed E-state index contributed by atoms with van der Waals surface area (Å²) >= 11 is 1.60. The van der Waals surface area contributed by atoms with Crippen LogP contribution in [0.3, 0.4) is 0 Å². The zero-order valence-corrected chi connectivity index (χ0v) is 13.1. The maximum atomic E-state index is 12.2. The van der Waals surface area contributed by atoms with Gasteiger partial charge in [-0.15, -0.1) is 11.3 Å². The van der Waals surface area contributed by atoms with E-state index in [2.05, 4.69) is 21.8 Å². The molecular formula is C12H18N4O2S2. The molecule has 0 amide bonds. The number of aromatic amines is 1. The molecule has 0 aliphatic rings. The second-order valence-corrected chi connectivity index (χ2v) is 7.32. The Morgan fingerprint density at radius 1 is 1.40 bits per heavy atom. The molecule has 0 atom stereocenters. The minimum Gasteiger partial charge on any atom is -0.326 e. The molecule has 6 nitrogen and oxygen atoms in total. The van der Waals surface area contributed by atoms with Crippen LogP contribution in [-0.4, -0.2) is 18.6 Å². The molecule has 0 saturated carbocycles. The molecule has 0 bridgehead atoms. The van der Waals surface area contributed by atoms with E-state index in [4.69, 9.17) is 5.73 Å². The van der Waals surface area contributed by atoms with Crippen molar-refractivity contribution in [2.75, 3.05) is 0 Å². The Bertz CT molecular complexity index is 688. The van der Waals surface area contributed by atoms with Crippen LogP contribution in [0, 0.1) is 6.92 Å². The third-order valence-electron chi connectivity index (χ3n) is 3.00. The lowest BCUT2D eigenvalue weighted by atomic mass is 10.3. The van der Waals surface area contributed by atoms with Gasteiger partial charge in [0.25, 0.3) is 10.0 Å². The van der Waals surface area contributed by atoms with E-state index < -0.39 is 10.0 Å². The number of aryl methyl sites for hydroxylation is 2. The molecule has 0 aliphatic heterocycles. The maximum Gasteiger partial charge on any atom is 0.260 e. The van der Waals surface area contributed by atoms with Crippen molar-refractivity contribution in [2.24, 2.45) is 5.73 Å². The average Bonchev–Trinajstić information content (AvgIpc) is 3.02. The number of nitrogens with one attached hydrogen (secondary N) is 2. The molecule has 110 valence electrons. The first-order valence-electron chi connectivity index (χ1n) is 6.29. The average molecular weight is 314 g/mol. The van der Waals surface area contributed by atoms with Crippen molar-refractivity contribution in [3.8, 4) is 0 Å². The van der Waals surface area contributed by atoms with Crippen LogP contribution in [0.4, 0.5) is 0 Å². The SMILES string of the molecule is CCc1ccc(CNS(=O)(=O)c2n[nH]c(C)c2CN)s1. The van der Waals surface area contributed by atoms with Gasteiger partial charge in [-0.1, -0.05) is 6.92 Å². The van der Waals surface area contributed by atoms with Gasteiger partial charge >= 0.3 is 0 Å². The van der Waals surface area contributed by atoms with E-state index in [-0.39, 0.29) is 18.1 Å². The number of sulfonamides is 1. The van der Waals surface area contributed by atoms with Gasteiger partial charge in [-0.25, -0.2) is 13.1 Å². The van der Waals surface area contributed by atoms with Gasteiger partial charge in [-0.3, -0.25) is 5.10 Å². The fourth-order valence-corrected chi connectivity index (χ4v) is 4.03. The van der Waals surface area contributed by atoms with Gasteiger partial charge in [0, 0.05) is 34.1 Å². The Balaban J connectivity index is 2.14. The lowest BCUT2D eigenvalue weighted by molar-refractivity contribution is 0.576. The summed E-state index contributed by atoms with van der Waals surface area (Å²) in [5.74, 6) is 0. The number of hydrogen-bond donors (Lipinski definition) is 3. The summed E-state index contributed by atoms with van der Waals surface area (Å²) in [6, 6.07) is 3.95. The van der Waals surface area contributed by atoms with Crippen molar-refractivity contribution in [2.45, 2.75) is 38.4 Å². The molecule has 4 N–H and O–H groups in total. The van der Waals surface area contributed by atoms with Gasteiger partial charge in [0.05, 0.1) is 0 Å². The Morgan fingerprint density at radius 2 is 2.10 bits per heavy atom. The topological polar surface area (TPSA) is 101 Å². The molecule has 0 aliphatic carbocycles. The number of thiophene rings is 1. The van der Waals surface area contributed by atoms with Gasteiger partial charge < -0.3 is 5.73 Å². The Morgan fingerprint density at radius 3 is 2.70 bits per heavy atom. The minimum absolute atomic E-state index is 0.00947. The number of aromatic nitrogens is 2. The zero-order chi connectivity index (χ0) is 14.8. The summed E-state index contributed by atoms with van der Waals surface area (Å²) in [6.07, 6.45) is 0.952. The third kappa shape index (κ3) is 3.09. The summed E-state index contributed by atoms with van der Waals surface area (Å²) in [7, 11) is -3.64. The second-order valence-electron chi connectivity index (χ2n) is 4.38. The first-order chi connectivity index (χ1) is 9.47. The van der Waals surface area contributed by atoms with E-state index in [1.54, 1.807) is 18.3 Å². The number of H-pyrrole nitrogens is 1. The quantitative estimate of drug-likeness (QED) is 0.747. The van der Waals surface area contributed by atoms with E-state index in [1.165, 1.54) is 4.88 Å². The van der Waals surface area contributed by atoms with Crippen molar-refractivity contribution in [3.63, 3.8) is 0 Å². The lowest BCUT2D eigenvalue weighted by Gasteiger charge is -2.04. The first-order valence-corrected chi connectivity index (χ1v) is 8.59. The zero-order valence-electron chi connectivity index (χ0n) is 11.4. The highest BCUT2D eigenvalue weighted by Crippen LogP contribution is 2.19. The van der Waals surface area contributed by atoms with Gasteiger partial charge in [0.2, 0.25) is 0 Å². The van der Waals surface area contributed by atoms with Gasteiger partial charge in [-0.2, -0.15) is 5.10 Å². The molecule has 0 unspecified atom stereocenters. The van der Waals surface area contributed by atoms with Crippen LogP contribution in [0.1, 0.15) is 27.9 Å². The van der Waals surface area contributed by atoms with E-state index in [9.17, 15) is 8.42 Å². The lowest BCUT2D eigenvalue weighted by Crippen LogP contribution is -2.24. The van der Waals surface area contributed by atoms with Crippen LogP contribution in [-0.2, 0) is 29.5 Å². The summed E-state index contributed by atoms with van der Waals surface area (Å²) in [6.45, 7) is 4.22. The summed E-state index contributed by atoms with van der Waals surface area (Å²) in [5, 5.41) is 6.49. The molecule has 0 spiro atoms. The van der Waals surface area contributed by atoms with E-state index in [0.717, 1.165) is 11.3 Å². The monoisotopic (exact) mass is 314 g/mol. The minimum atomic E-state index is -3.64. The Kier molecular flexibility index (Phi) is 4.59. The van der Waals surface area contributed by atoms with Crippen molar-refractivity contribution in [1.29, 1.82) is 0 Å². The predicted molar refractivity (Wildman–Crippen MR) is 78.9 cm³/mol. The highest BCUT2D eigenvalue weighted by Gasteiger charge is 2.22. The van der Waals surface area contributed by atoms with Crippen LogP contribution >= 0.6 is 11.3 Å². The van der Waals surface area contributed by atoms with Crippen molar-refractivity contribution in [3.05, 3.63) is 33.1 Å². The molecule has 2 aromatic heterocycles. The van der Waals surface area contributed by atoms with Gasteiger partial charge in [-0.05, 0) is 25.5 Å². The molecular weight excluding hydrogens is 296 g/mol. The van der Waals surface area contributed by atoms with Crippen LogP contribution < -0.4 is 10.5 Å². The highest BCUT2D eigenvalue weighted by molar-refractivity contribution is 7.89. The van der Waals surface area contributed by atoms with E-state index in [1.807, 2.05) is 12.1 Å². The fourth-order valence-electron chi connectivity index (χ4n) is 1.83. The summed E-state index contributed by atoms with van der Waals surface area (Å²) < 4.78 is 27.0. The standard InChI is InChI=1S/C12H18N4O2S2/c1-3-9-4-5-10(19-9)7-14-20(17,18)12-11(6-13)8(2)15-16-12/h4-5,14H,3,6-7,13H2,1-2H3,(H,15,16). The molecule has 20 heavy (non-hydrogen) atoms. The molecule has 0 aromatic carbocycles. The van der Waals surface area contributed by atoms with Crippen LogP contribution in [0.5, 0.6) is 0 Å². The van der Waals surface area contributed by atoms with Crippen LogP contribution in [0.25, 0.3) is 0 Å². The normalized spacial score (nSPS) is 11.9. The number of rotatable bonds is 6. The van der Waals surface area contributed by atoms with Crippen LogP contribution in [0.15, 0.2) is 17.2 Å². The van der Waals surface area contributed by atoms with Gasteiger partial charge in [0.15, 0.2) is 5.03 Å². The van der Waals surface area contributed by atoms with Crippen molar-refractivity contribution >= 4 is 21.4 Å². The Hall–Kier alpha value is -1.22. The summed E-state index contributed by atoms with van der Waals surface area (Å²) in [5.41, 5.74) is 6.77. The largest absolute Gasteiger partial charge is 0.326 e. The number of nitrogens with two attached hydrogens (primary N) is 1. The third-order valence-corrected chi connectivity index (χ3v) is 5.60. The predicted octanol–water partition coefficient (Wildman–Crippen LogP) is 1.28. The summed E-state index contributed by atoms with van der Waals surface area (Å²) in [4.78, 5) is 2.21. The maximum absolute atomic E-state index is 12.2. The second kappa shape index (κ2) is 6.04. The van der Waals surface area contributed by atoms with Crippen molar-refractivity contribution in [1.82, 2.24) is 14.9 Å². The van der Waals surface area contributed by atoms with Crippen molar-refractivity contribution < 1.29 is 8.42 Å². The smallest absolute Gasteiger partial charge is 0.260 e. The van der Waals surface area contributed by atoms with Crippen LogP contribution in [0.2, 0.25) is 0 Å². The molecule has 0 fully saturated rings. The molecule has 8 heteroatoms. The number of hydrogen-bond acceptors (Lipinski definition) is 5. The number of nitrogens with zero attached hydrogens (tertiary/aromatic N) is 1. The van der Waals surface area contributed by atoms with E-state index in [0.29, 0.717) is 11.3 Å². The van der Waals surface area contributed by atoms with Gasteiger partial charge in [0.1, 0.15) is 0 Å². The molecule has 0 radical (unpaired) electrons. The van der Waals surface area contributed by atoms with E-state index >= 15 is 0 Å². The highest BCUT2D eigenvalue weighted by atomic mass is 32.2. The molecule has 2 rings (SSSR count).